The summed E-state index contributed by atoms with van der Waals surface area (Å²) in [6, 6.07) is 4.67. The average molecular weight is 395 g/mol. The lowest BCUT2D eigenvalue weighted by atomic mass is 9.89. The fourth-order valence-corrected chi connectivity index (χ4v) is 4.47. The second-order valence-corrected chi connectivity index (χ2v) is 8.81. The lowest BCUT2D eigenvalue weighted by molar-refractivity contribution is -0.116. The van der Waals surface area contributed by atoms with Gasteiger partial charge < -0.3 is 4.42 Å². The van der Waals surface area contributed by atoms with Crippen LogP contribution in [0.15, 0.2) is 33.6 Å². The quantitative estimate of drug-likeness (QED) is 0.721. The first kappa shape index (κ1) is 19.5. The molecule has 1 aliphatic rings. The van der Waals surface area contributed by atoms with Crippen LogP contribution in [0.5, 0.6) is 0 Å². The summed E-state index contributed by atoms with van der Waals surface area (Å²) in [4.78, 5) is 12.0. The number of nitrogens with one attached hydrogen (secondary N) is 1. The lowest BCUT2D eigenvalue weighted by Crippen LogP contribution is -2.14. The van der Waals surface area contributed by atoms with Gasteiger partial charge in [-0.1, -0.05) is 24.4 Å². The van der Waals surface area contributed by atoms with Crippen molar-refractivity contribution in [1.29, 1.82) is 0 Å². The van der Waals surface area contributed by atoms with Crippen LogP contribution in [0.1, 0.15) is 56.8 Å². The van der Waals surface area contributed by atoms with Crippen molar-refractivity contribution in [2.45, 2.75) is 55.8 Å². The van der Waals surface area contributed by atoms with E-state index in [1.165, 1.54) is 18.6 Å². The van der Waals surface area contributed by atoms with Gasteiger partial charge >= 0.3 is 6.01 Å². The van der Waals surface area contributed by atoms with Crippen molar-refractivity contribution < 1.29 is 22.0 Å². The molecule has 1 heterocycles. The summed E-state index contributed by atoms with van der Waals surface area (Å²) < 4.78 is 42.7. The first-order valence-corrected chi connectivity index (χ1v) is 10.7. The molecule has 0 bridgehead atoms. The maximum atomic E-state index is 12.9. The number of nitrogens with zero attached hydrogens (tertiary/aromatic N) is 2. The van der Waals surface area contributed by atoms with Gasteiger partial charge in [0.2, 0.25) is 11.8 Å². The molecule has 0 unspecified atom stereocenters. The van der Waals surface area contributed by atoms with Gasteiger partial charge in [0.25, 0.3) is 0 Å². The first-order valence-electron chi connectivity index (χ1n) is 9.05. The van der Waals surface area contributed by atoms with Crippen molar-refractivity contribution in [1.82, 2.24) is 10.2 Å². The second-order valence-electron chi connectivity index (χ2n) is 6.70. The van der Waals surface area contributed by atoms with Gasteiger partial charge in [0, 0.05) is 12.3 Å². The van der Waals surface area contributed by atoms with E-state index in [0.29, 0.717) is 5.89 Å². The van der Waals surface area contributed by atoms with Crippen LogP contribution in [0.4, 0.5) is 10.4 Å². The number of benzene rings is 1. The van der Waals surface area contributed by atoms with Crippen molar-refractivity contribution in [2.24, 2.45) is 0 Å². The molecule has 9 heteroatoms. The van der Waals surface area contributed by atoms with E-state index in [1.54, 1.807) is 0 Å². The minimum atomic E-state index is -3.55. The zero-order chi connectivity index (χ0) is 19.3. The molecule has 1 fully saturated rings. The summed E-state index contributed by atoms with van der Waals surface area (Å²) in [7, 11) is -3.55. The Balaban J connectivity index is 1.47. The van der Waals surface area contributed by atoms with Crippen molar-refractivity contribution in [3.05, 3.63) is 36.0 Å². The van der Waals surface area contributed by atoms with Gasteiger partial charge in [-0.3, -0.25) is 10.1 Å². The van der Waals surface area contributed by atoms with Gasteiger partial charge in [0.05, 0.1) is 10.6 Å². The molecule has 1 amide bonds. The normalized spacial score (nSPS) is 15.6. The highest BCUT2D eigenvalue weighted by Gasteiger charge is 2.22. The molecule has 0 saturated heterocycles. The number of aromatic nitrogens is 2. The van der Waals surface area contributed by atoms with E-state index >= 15 is 0 Å². The molecule has 27 heavy (non-hydrogen) atoms. The fraction of sp³-hybridized carbons (Fsp3) is 0.500. The zero-order valence-corrected chi connectivity index (χ0v) is 15.7. The Labute approximate surface area is 157 Å². The van der Waals surface area contributed by atoms with Gasteiger partial charge in [-0.25, -0.2) is 12.8 Å². The Morgan fingerprint density at radius 3 is 2.56 bits per heavy atom. The minimum Gasteiger partial charge on any atom is -0.408 e. The van der Waals surface area contributed by atoms with Crippen LogP contribution in [-0.2, 0) is 14.6 Å². The molecular formula is C18H22FN3O4S. The summed E-state index contributed by atoms with van der Waals surface area (Å²) in [5.41, 5.74) is 0. The SMILES string of the molecule is O=C(CCCS(=O)(=O)c1ccc(F)cc1)Nc1nnc(C2CCCCC2)o1. The maximum Gasteiger partial charge on any atom is 0.322 e. The molecule has 7 nitrogen and oxygen atoms in total. The molecule has 2 aromatic rings. The summed E-state index contributed by atoms with van der Waals surface area (Å²) in [5.74, 6) is -0.297. The van der Waals surface area contributed by atoms with Gasteiger partial charge in [0.15, 0.2) is 9.84 Å². The van der Waals surface area contributed by atoms with E-state index < -0.39 is 15.7 Å². The zero-order valence-electron chi connectivity index (χ0n) is 14.9. The molecule has 146 valence electrons. The van der Waals surface area contributed by atoms with E-state index in [2.05, 4.69) is 15.5 Å². The lowest BCUT2D eigenvalue weighted by Gasteiger charge is -2.17. The summed E-state index contributed by atoms with van der Waals surface area (Å²) in [6.07, 6.45) is 5.65. The standard InChI is InChI=1S/C18H22FN3O4S/c19-14-8-10-15(11-9-14)27(24,25)12-4-7-16(23)20-18-22-21-17(26-18)13-5-2-1-3-6-13/h8-11,13H,1-7,12H2,(H,20,22,23). The number of hydrogen-bond acceptors (Lipinski definition) is 6. The molecular weight excluding hydrogens is 373 g/mol. The van der Waals surface area contributed by atoms with Gasteiger partial charge in [0.1, 0.15) is 5.82 Å². The monoisotopic (exact) mass is 395 g/mol. The van der Waals surface area contributed by atoms with Gasteiger partial charge in [-0.05, 0) is 43.5 Å². The first-order chi connectivity index (χ1) is 12.9. The van der Waals surface area contributed by atoms with Crippen LogP contribution in [0.25, 0.3) is 0 Å². The van der Waals surface area contributed by atoms with Crippen LogP contribution < -0.4 is 5.32 Å². The number of anilines is 1. The number of amides is 1. The molecule has 0 radical (unpaired) electrons. The smallest absolute Gasteiger partial charge is 0.322 e. The van der Waals surface area contributed by atoms with E-state index in [0.717, 1.165) is 37.8 Å². The van der Waals surface area contributed by atoms with Gasteiger partial charge in [-0.2, -0.15) is 0 Å². The van der Waals surface area contributed by atoms with E-state index in [4.69, 9.17) is 4.42 Å². The molecule has 1 saturated carbocycles. The van der Waals surface area contributed by atoms with Crippen molar-refractivity contribution in [3.63, 3.8) is 0 Å². The highest BCUT2D eigenvalue weighted by atomic mass is 32.2. The predicted octanol–water partition coefficient (Wildman–Crippen LogP) is 3.45. The maximum absolute atomic E-state index is 12.9. The van der Waals surface area contributed by atoms with Crippen molar-refractivity contribution in [2.75, 3.05) is 11.1 Å². The number of halogens is 1. The molecule has 0 spiro atoms. The van der Waals surface area contributed by atoms with Crippen LogP contribution in [0, 0.1) is 5.82 Å². The van der Waals surface area contributed by atoms with Crippen LogP contribution in [0.2, 0.25) is 0 Å². The number of carbonyl (C=O) groups excluding carboxylic acids is 1. The molecule has 0 atom stereocenters. The molecule has 1 aromatic carbocycles. The fourth-order valence-electron chi connectivity index (χ4n) is 3.16. The Morgan fingerprint density at radius 1 is 1.15 bits per heavy atom. The number of carbonyl (C=O) groups is 1. The van der Waals surface area contributed by atoms with Crippen molar-refractivity contribution >= 4 is 21.8 Å². The summed E-state index contributed by atoms with van der Waals surface area (Å²) in [6.45, 7) is 0. The third kappa shape index (κ3) is 5.35. The molecule has 1 N–H and O–H groups in total. The predicted molar refractivity (Wildman–Crippen MR) is 96.4 cm³/mol. The molecule has 1 aliphatic carbocycles. The van der Waals surface area contributed by atoms with Crippen molar-refractivity contribution in [3.8, 4) is 0 Å². The Morgan fingerprint density at radius 2 is 1.85 bits per heavy atom. The topological polar surface area (TPSA) is 102 Å². The highest BCUT2D eigenvalue weighted by Crippen LogP contribution is 2.32. The molecule has 3 rings (SSSR count). The third-order valence-electron chi connectivity index (χ3n) is 4.63. The Bertz CT molecular complexity index is 874. The number of hydrogen-bond donors (Lipinski definition) is 1. The van der Waals surface area contributed by atoms with Crippen LogP contribution in [-0.4, -0.2) is 30.3 Å². The van der Waals surface area contributed by atoms with Gasteiger partial charge in [-0.15, -0.1) is 5.10 Å². The Hall–Kier alpha value is -2.29. The third-order valence-corrected chi connectivity index (χ3v) is 6.45. The van der Waals surface area contributed by atoms with E-state index in [-0.39, 0.29) is 41.3 Å². The van der Waals surface area contributed by atoms with Crippen LogP contribution in [0.3, 0.4) is 0 Å². The van der Waals surface area contributed by atoms with E-state index in [9.17, 15) is 17.6 Å². The van der Waals surface area contributed by atoms with Crippen LogP contribution >= 0.6 is 0 Å². The van der Waals surface area contributed by atoms with E-state index in [1.807, 2.05) is 0 Å². The summed E-state index contributed by atoms with van der Waals surface area (Å²) >= 11 is 0. The Kier molecular flexibility index (Phi) is 6.20. The largest absolute Gasteiger partial charge is 0.408 e. The number of rotatable bonds is 7. The second kappa shape index (κ2) is 8.60. The highest BCUT2D eigenvalue weighted by molar-refractivity contribution is 7.91. The average Bonchev–Trinajstić information content (AvgIpc) is 3.11. The minimum absolute atomic E-state index is 0.00155. The molecule has 1 aromatic heterocycles. The summed E-state index contributed by atoms with van der Waals surface area (Å²) in [5, 5.41) is 10.4. The molecule has 0 aliphatic heterocycles. The number of sulfone groups is 1.